The van der Waals surface area contributed by atoms with Crippen LogP contribution in [-0.4, -0.2) is 39.5 Å². The van der Waals surface area contributed by atoms with Crippen molar-refractivity contribution in [1.82, 2.24) is 9.88 Å². The minimum atomic E-state index is -0.861. The highest BCUT2D eigenvalue weighted by atomic mass is 16.4. The molecular formula is C15H20N2O3. The molecule has 0 radical (unpaired) electrons. The summed E-state index contributed by atoms with van der Waals surface area (Å²) >= 11 is 0. The number of nitrogens with zero attached hydrogens (tertiary/aromatic N) is 2. The van der Waals surface area contributed by atoms with E-state index >= 15 is 0 Å². The normalized spacial score (nSPS) is 15.7. The molecule has 1 aliphatic rings. The Morgan fingerprint density at radius 3 is 2.65 bits per heavy atom. The summed E-state index contributed by atoms with van der Waals surface area (Å²) in [6.45, 7) is 3.83. The number of hydrogen-bond acceptors (Lipinski definition) is 3. The van der Waals surface area contributed by atoms with Crippen LogP contribution in [0, 0.1) is 12.8 Å². The smallest absolute Gasteiger partial charge is 0.308 e. The Hall–Kier alpha value is -1.91. The molecule has 1 heterocycles. The van der Waals surface area contributed by atoms with Gasteiger partial charge in [0.25, 0.3) is 0 Å². The fourth-order valence-corrected chi connectivity index (χ4v) is 2.09. The van der Waals surface area contributed by atoms with E-state index in [0.29, 0.717) is 0 Å². The Kier molecular flexibility index (Phi) is 4.37. The fourth-order valence-electron chi connectivity index (χ4n) is 2.09. The monoisotopic (exact) mass is 276 g/mol. The van der Waals surface area contributed by atoms with E-state index in [1.807, 2.05) is 19.1 Å². The molecule has 0 spiro atoms. The van der Waals surface area contributed by atoms with Crippen LogP contribution in [0.3, 0.4) is 0 Å². The molecule has 1 aromatic rings. The summed E-state index contributed by atoms with van der Waals surface area (Å²) < 4.78 is 0. The molecule has 1 amide bonds. The molecule has 5 heteroatoms. The number of hydrogen-bond donors (Lipinski definition) is 1. The van der Waals surface area contributed by atoms with Gasteiger partial charge in [-0.15, -0.1) is 0 Å². The van der Waals surface area contributed by atoms with Crippen LogP contribution in [0.2, 0.25) is 0 Å². The Morgan fingerprint density at radius 2 is 2.15 bits per heavy atom. The molecule has 1 saturated carbocycles. The van der Waals surface area contributed by atoms with E-state index in [9.17, 15) is 9.59 Å². The van der Waals surface area contributed by atoms with E-state index in [0.717, 1.165) is 24.1 Å². The van der Waals surface area contributed by atoms with Gasteiger partial charge in [-0.1, -0.05) is 13.0 Å². The van der Waals surface area contributed by atoms with Crippen molar-refractivity contribution in [3.63, 3.8) is 0 Å². The lowest BCUT2D eigenvalue weighted by Crippen LogP contribution is -2.39. The van der Waals surface area contributed by atoms with Crippen molar-refractivity contribution in [2.75, 3.05) is 6.54 Å². The van der Waals surface area contributed by atoms with Gasteiger partial charge in [-0.25, -0.2) is 0 Å². The van der Waals surface area contributed by atoms with Gasteiger partial charge in [-0.3, -0.25) is 14.6 Å². The molecule has 0 aromatic carbocycles. The first-order valence-corrected chi connectivity index (χ1v) is 6.91. The zero-order valence-electron chi connectivity index (χ0n) is 11.9. The number of aryl methyl sites for hydroxylation is 1. The van der Waals surface area contributed by atoms with Gasteiger partial charge >= 0.3 is 5.97 Å². The van der Waals surface area contributed by atoms with Gasteiger partial charge in [0.05, 0.1) is 12.3 Å². The third kappa shape index (κ3) is 3.79. The summed E-state index contributed by atoms with van der Waals surface area (Å²) in [5.74, 6) is -1.40. The van der Waals surface area contributed by atoms with Crippen LogP contribution in [0.5, 0.6) is 0 Å². The summed E-state index contributed by atoms with van der Waals surface area (Å²) in [4.78, 5) is 29.2. The predicted octanol–water partition coefficient (Wildman–Crippen LogP) is 1.64. The SMILES string of the molecule is Cc1ccc(CC(=O)N(CC(C)C(=O)O)C2CC2)cn1. The fraction of sp³-hybridized carbons (Fsp3) is 0.533. The Bertz CT molecular complexity index is 494. The van der Waals surface area contributed by atoms with Crippen LogP contribution in [0.4, 0.5) is 0 Å². The van der Waals surface area contributed by atoms with Gasteiger partial charge in [0.15, 0.2) is 0 Å². The molecule has 1 aromatic heterocycles. The summed E-state index contributed by atoms with van der Waals surface area (Å²) in [5, 5.41) is 8.99. The van der Waals surface area contributed by atoms with E-state index in [2.05, 4.69) is 4.98 Å². The van der Waals surface area contributed by atoms with Gasteiger partial charge in [0, 0.05) is 24.5 Å². The lowest BCUT2D eigenvalue weighted by atomic mass is 10.1. The third-order valence-electron chi connectivity index (χ3n) is 3.53. The first kappa shape index (κ1) is 14.5. The molecule has 108 valence electrons. The molecule has 1 N–H and O–H groups in total. The van der Waals surface area contributed by atoms with Crippen LogP contribution < -0.4 is 0 Å². The molecule has 1 unspecified atom stereocenters. The van der Waals surface area contributed by atoms with Gasteiger partial charge in [-0.2, -0.15) is 0 Å². The maximum Gasteiger partial charge on any atom is 0.308 e. The molecular weight excluding hydrogens is 256 g/mol. The quantitative estimate of drug-likeness (QED) is 0.857. The van der Waals surface area contributed by atoms with Crippen LogP contribution in [0.1, 0.15) is 31.0 Å². The molecule has 1 atom stereocenters. The molecule has 0 aliphatic heterocycles. The van der Waals surface area contributed by atoms with Crippen molar-refractivity contribution in [2.24, 2.45) is 5.92 Å². The van der Waals surface area contributed by atoms with E-state index in [-0.39, 0.29) is 24.9 Å². The van der Waals surface area contributed by atoms with Crippen molar-refractivity contribution >= 4 is 11.9 Å². The lowest BCUT2D eigenvalue weighted by Gasteiger charge is -2.24. The number of pyridine rings is 1. The zero-order valence-corrected chi connectivity index (χ0v) is 11.9. The topological polar surface area (TPSA) is 70.5 Å². The number of carbonyl (C=O) groups is 2. The van der Waals surface area contributed by atoms with Crippen molar-refractivity contribution in [1.29, 1.82) is 0 Å². The van der Waals surface area contributed by atoms with Crippen molar-refractivity contribution < 1.29 is 14.7 Å². The largest absolute Gasteiger partial charge is 0.481 e. The number of aliphatic carboxylic acids is 1. The number of amides is 1. The number of carbonyl (C=O) groups excluding carboxylic acids is 1. The van der Waals surface area contributed by atoms with Crippen LogP contribution >= 0.6 is 0 Å². The number of aromatic nitrogens is 1. The summed E-state index contributed by atoms with van der Waals surface area (Å²) in [7, 11) is 0. The first-order valence-electron chi connectivity index (χ1n) is 6.91. The second-order valence-corrected chi connectivity index (χ2v) is 5.50. The first-order chi connectivity index (χ1) is 9.47. The highest BCUT2D eigenvalue weighted by Gasteiger charge is 2.34. The van der Waals surface area contributed by atoms with Crippen LogP contribution in [0.25, 0.3) is 0 Å². The minimum Gasteiger partial charge on any atom is -0.481 e. The average molecular weight is 276 g/mol. The van der Waals surface area contributed by atoms with E-state index in [1.165, 1.54) is 0 Å². The Labute approximate surface area is 118 Å². The molecule has 1 fully saturated rings. The minimum absolute atomic E-state index is 0.00810. The lowest BCUT2D eigenvalue weighted by molar-refractivity contribution is -0.143. The highest BCUT2D eigenvalue weighted by molar-refractivity contribution is 5.80. The van der Waals surface area contributed by atoms with Crippen molar-refractivity contribution in [2.45, 2.75) is 39.2 Å². The standard InChI is InChI=1S/C15H20N2O3/c1-10(15(19)20)9-17(13-5-6-13)14(18)7-12-4-3-11(2)16-8-12/h3-4,8,10,13H,5-7,9H2,1-2H3,(H,19,20). The van der Waals surface area contributed by atoms with Gasteiger partial charge < -0.3 is 10.0 Å². The maximum absolute atomic E-state index is 12.3. The summed E-state index contributed by atoms with van der Waals surface area (Å²) in [6.07, 6.45) is 3.95. The van der Waals surface area contributed by atoms with Gasteiger partial charge in [0.1, 0.15) is 0 Å². The Morgan fingerprint density at radius 1 is 1.45 bits per heavy atom. The maximum atomic E-state index is 12.3. The molecule has 5 nitrogen and oxygen atoms in total. The van der Waals surface area contributed by atoms with Crippen molar-refractivity contribution in [3.8, 4) is 0 Å². The number of carboxylic acid groups (broad SMARTS) is 1. The molecule has 0 bridgehead atoms. The highest BCUT2D eigenvalue weighted by Crippen LogP contribution is 2.28. The summed E-state index contributed by atoms with van der Waals surface area (Å²) in [5.41, 5.74) is 1.79. The molecule has 0 saturated heterocycles. The molecule has 1 aliphatic carbocycles. The summed E-state index contributed by atoms with van der Waals surface area (Å²) in [6, 6.07) is 4.00. The van der Waals surface area contributed by atoms with Gasteiger partial charge in [0.2, 0.25) is 5.91 Å². The van der Waals surface area contributed by atoms with Crippen LogP contribution in [-0.2, 0) is 16.0 Å². The third-order valence-corrected chi connectivity index (χ3v) is 3.53. The number of carboxylic acids is 1. The molecule has 2 rings (SSSR count). The Balaban J connectivity index is 2.00. The average Bonchev–Trinajstić information content (AvgIpc) is 3.22. The van der Waals surface area contributed by atoms with E-state index < -0.39 is 11.9 Å². The van der Waals surface area contributed by atoms with E-state index in [4.69, 9.17) is 5.11 Å². The zero-order chi connectivity index (χ0) is 14.7. The second kappa shape index (κ2) is 6.03. The van der Waals surface area contributed by atoms with E-state index in [1.54, 1.807) is 18.0 Å². The predicted molar refractivity (Wildman–Crippen MR) is 74.2 cm³/mol. The van der Waals surface area contributed by atoms with Crippen molar-refractivity contribution in [3.05, 3.63) is 29.6 Å². The molecule has 20 heavy (non-hydrogen) atoms. The second-order valence-electron chi connectivity index (χ2n) is 5.50. The van der Waals surface area contributed by atoms with Crippen LogP contribution in [0.15, 0.2) is 18.3 Å². The van der Waals surface area contributed by atoms with Gasteiger partial charge in [-0.05, 0) is 31.4 Å². The number of rotatable bonds is 6.